The van der Waals surface area contributed by atoms with Crippen molar-refractivity contribution in [3.63, 3.8) is 0 Å². The van der Waals surface area contributed by atoms with Crippen LogP contribution in [0.15, 0.2) is 48.6 Å². The Labute approximate surface area is 203 Å². The fourth-order valence-electron chi connectivity index (χ4n) is 8.83. The minimum absolute atomic E-state index is 0.0412. The van der Waals surface area contributed by atoms with Crippen LogP contribution in [0.4, 0.5) is 0 Å². The molecule has 182 valence electrons. The van der Waals surface area contributed by atoms with Crippen molar-refractivity contribution in [2.45, 2.75) is 71.3 Å². The Hall–Kier alpha value is -2.36. The maximum absolute atomic E-state index is 13.4. The van der Waals surface area contributed by atoms with E-state index in [1.54, 1.807) is 6.08 Å². The molecular formula is C30H38O4. The van der Waals surface area contributed by atoms with Gasteiger partial charge in [-0.25, -0.2) is 4.79 Å². The number of fused-ring (bicyclic) bond motifs is 3. The second-order valence-electron chi connectivity index (χ2n) is 11.8. The molecule has 4 aliphatic carbocycles. The summed E-state index contributed by atoms with van der Waals surface area (Å²) < 4.78 is 11.4. The number of methoxy groups -OCH3 is 1. The zero-order chi connectivity index (χ0) is 24.1. The number of carbonyl (C=O) groups is 2. The van der Waals surface area contributed by atoms with Crippen LogP contribution in [-0.4, -0.2) is 25.2 Å². The highest BCUT2D eigenvalue weighted by molar-refractivity contribution is 5.88. The first-order valence-corrected chi connectivity index (χ1v) is 12.9. The first-order chi connectivity index (χ1) is 16.2. The fourth-order valence-corrected chi connectivity index (χ4v) is 8.83. The largest absolute Gasteiger partial charge is 0.468 e. The van der Waals surface area contributed by atoms with Gasteiger partial charge in [-0.1, -0.05) is 49.4 Å². The van der Waals surface area contributed by atoms with Gasteiger partial charge in [0, 0.05) is 6.08 Å². The Morgan fingerprint density at radius 3 is 2.53 bits per heavy atom. The summed E-state index contributed by atoms with van der Waals surface area (Å²) in [5.41, 5.74) is 1.95. The minimum Gasteiger partial charge on any atom is -0.468 e. The van der Waals surface area contributed by atoms with E-state index < -0.39 is 17.5 Å². The van der Waals surface area contributed by atoms with E-state index in [-0.39, 0.29) is 17.3 Å². The predicted octanol–water partition coefficient (Wildman–Crippen LogP) is 6.36. The number of rotatable bonds is 4. The van der Waals surface area contributed by atoms with Crippen LogP contribution < -0.4 is 0 Å². The summed E-state index contributed by atoms with van der Waals surface area (Å²) in [5, 5.41) is 0. The van der Waals surface area contributed by atoms with Crippen LogP contribution >= 0.6 is 0 Å². The van der Waals surface area contributed by atoms with Gasteiger partial charge in [-0.2, -0.15) is 0 Å². The fraction of sp³-hybridized carbons (Fsp3) is 0.600. The summed E-state index contributed by atoms with van der Waals surface area (Å²) in [7, 11) is 1.46. The number of allylic oxidation sites excluding steroid dienone is 1. The lowest BCUT2D eigenvalue weighted by Gasteiger charge is -2.64. The van der Waals surface area contributed by atoms with Crippen molar-refractivity contribution in [2.75, 3.05) is 7.11 Å². The lowest BCUT2D eigenvalue weighted by atomic mass is 9.40. The molecule has 4 saturated carbocycles. The number of esters is 2. The molecule has 1 aromatic rings. The number of ether oxygens (including phenoxy) is 2. The van der Waals surface area contributed by atoms with Crippen molar-refractivity contribution in [3.05, 3.63) is 54.1 Å². The van der Waals surface area contributed by atoms with E-state index in [2.05, 4.69) is 13.5 Å². The molecule has 2 bridgehead atoms. The average molecular weight is 463 g/mol. The second-order valence-corrected chi connectivity index (χ2v) is 11.8. The molecule has 4 nitrogen and oxygen atoms in total. The molecule has 4 aliphatic rings. The molecule has 1 aromatic carbocycles. The number of hydrogen-bond donors (Lipinski definition) is 0. The predicted molar refractivity (Wildman–Crippen MR) is 133 cm³/mol. The normalized spacial score (nSPS) is 41.0. The van der Waals surface area contributed by atoms with Crippen molar-refractivity contribution in [3.8, 4) is 0 Å². The van der Waals surface area contributed by atoms with Crippen molar-refractivity contribution in [2.24, 2.45) is 34.0 Å². The van der Waals surface area contributed by atoms with Crippen molar-refractivity contribution >= 4 is 18.0 Å². The second kappa shape index (κ2) is 8.39. The third-order valence-corrected chi connectivity index (χ3v) is 10.3. The molecule has 0 heterocycles. The summed E-state index contributed by atoms with van der Waals surface area (Å²) in [6.45, 7) is 8.84. The summed E-state index contributed by atoms with van der Waals surface area (Å²) in [6, 6.07) is 9.70. The first-order valence-electron chi connectivity index (χ1n) is 12.9. The molecule has 0 aromatic heterocycles. The van der Waals surface area contributed by atoms with Gasteiger partial charge in [0.25, 0.3) is 0 Å². The van der Waals surface area contributed by atoms with Crippen molar-refractivity contribution in [1.29, 1.82) is 0 Å². The summed E-state index contributed by atoms with van der Waals surface area (Å²) in [5.74, 6) is 0.782. The highest BCUT2D eigenvalue weighted by atomic mass is 16.6. The molecule has 0 N–H and O–H groups in total. The number of carbonyl (C=O) groups excluding carboxylic acids is 2. The summed E-state index contributed by atoms with van der Waals surface area (Å²) >= 11 is 0. The van der Waals surface area contributed by atoms with E-state index in [0.717, 1.165) is 31.2 Å². The van der Waals surface area contributed by atoms with E-state index in [1.807, 2.05) is 37.3 Å². The van der Waals surface area contributed by atoms with Gasteiger partial charge in [-0.05, 0) is 98.5 Å². The van der Waals surface area contributed by atoms with Crippen molar-refractivity contribution < 1.29 is 19.1 Å². The Morgan fingerprint density at radius 2 is 1.79 bits per heavy atom. The maximum Gasteiger partial charge on any atom is 0.331 e. The number of hydrogen-bond acceptors (Lipinski definition) is 4. The Kier molecular flexibility index (Phi) is 5.77. The molecule has 0 amide bonds. The lowest BCUT2D eigenvalue weighted by molar-refractivity contribution is -0.213. The molecule has 7 unspecified atom stereocenters. The first kappa shape index (κ1) is 23.4. The van der Waals surface area contributed by atoms with Crippen LogP contribution in [0.3, 0.4) is 0 Å². The Balaban J connectivity index is 1.41. The quantitative estimate of drug-likeness (QED) is 0.297. The van der Waals surface area contributed by atoms with E-state index >= 15 is 0 Å². The molecule has 7 atom stereocenters. The van der Waals surface area contributed by atoms with Gasteiger partial charge in [0.1, 0.15) is 11.5 Å². The SMILES string of the molecule is C=C1CC23CCC4C(C)(CCC(OC(=O)C=Cc5ccccc5)C4(C)C(=O)OC)C2CCC1C3. The van der Waals surface area contributed by atoms with Crippen LogP contribution in [0, 0.1) is 34.0 Å². The third kappa shape index (κ3) is 3.48. The van der Waals surface area contributed by atoms with Gasteiger partial charge >= 0.3 is 11.9 Å². The molecule has 0 aliphatic heterocycles. The zero-order valence-electron chi connectivity index (χ0n) is 20.8. The van der Waals surface area contributed by atoms with E-state index in [9.17, 15) is 9.59 Å². The van der Waals surface area contributed by atoms with Crippen LogP contribution in [0.1, 0.15) is 70.8 Å². The maximum atomic E-state index is 13.4. The topological polar surface area (TPSA) is 52.6 Å². The smallest absolute Gasteiger partial charge is 0.331 e. The Bertz CT molecular complexity index is 1010. The van der Waals surface area contributed by atoms with Gasteiger partial charge in [0.05, 0.1) is 7.11 Å². The Morgan fingerprint density at radius 1 is 1.03 bits per heavy atom. The molecule has 1 spiro atoms. The molecular weight excluding hydrogens is 424 g/mol. The van der Waals surface area contributed by atoms with Crippen LogP contribution in [0.25, 0.3) is 6.08 Å². The molecule has 4 heteroatoms. The van der Waals surface area contributed by atoms with Crippen LogP contribution in [-0.2, 0) is 19.1 Å². The molecule has 0 radical (unpaired) electrons. The third-order valence-electron chi connectivity index (χ3n) is 10.3. The summed E-state index contributed by atoms with van der Waals surface area (Å²) in [6.07, 6.45) is 11.4. The molecule has 4 fully saturated rings. The van der Waals surface area contributed by atoms with E-state index in [1.165, 1.54) is 38.0 Å². The highest BCUT2D eigenvalue weighted by Crippen LogP contribution is 2.72. The molecule has 0 saturated heterocycles. The standard InChI is InChI=1S/C30H38O4/c1-20-18-30-17-14-23-28(2,24(30)12-11-22(20)19-30)16-15-25(29(23,3)27(32)33-4)34-26(31)13-10-21-8-6-5-7-9-21/h5-10,13,22-25H,1,11-12,14-19H2,2-4H3. The average Bonchev–Trinajstić information content (AvgIpc) is 3.07. The lowest BCUT2D eigenvalue weighted by Crippen LogP contribution is -2.63. The molecule has 34 heavy (non-hydrogen) atoms. The van der Waals surface area contributed by atoms with E-state index in [4.69, 9.17) is 9.47 Å². The van der Waals surface area contributed by atoms with Gasteiger partial charge in [0.2, 0.25) is 0 Å². The molecule has 5 rings (SSSR count). The van der Waals surface area contributed by atoms with Gasteiger partial charge in [-0.15, -0.1) is 0 Å². The van der Waals surface area contributed by atoms with Gasteiger partial charge < -0.3 is 9.47 Å². The van der Waals surface area contributed by atoms with Crippen LogP contribution in [0.5, 0.6) is 0 Å². The highest BCUT2D eigenvalue weighted by Gasteiger charge is 2.68. The van der Waals surface area contributed by atoms with E-state index in [0.29, 0.717) is 23.7 Å². The zero-order valence-corrected chi connectivity index (χ0v) is 20.8. The van der Waals surface area contributed by atoms with Gasteiger partial charge in [-0.3, -0.25) is 4.79 Å². The summed E-state index contributed by atoms with van der Waals surface area (Å²) in [4.78, 5) is 26.2. The van der Waals surface area contributed by atoms with Crippen molar-refractivity contribution in [1.82, 2.24) is 0 Å². The number of benzene rings is 1. The monoisotopic (exact) mass is 462 g/mol. The minimum atomic E-state index is -0.841. The van der Waals surface area contributed by atoms with Gasteiger partial charge in [0.15, 0.2) is 0 Å². The van der Waals surface area contributed by atoms with Crippen LogP contribution in [0.2, 0.25) is 0 Å².